The molecular formula is C20H34N2O2S. The molecule has 3 rings (SSSR count). The molecular weight excluding hydrogens is 332 g/mol. The summed E-state index contributed by atoms with van der Waals surface area (Å²) in [6.45, 7) is 16.7. The normalized spacial score (nSPS) is 13.0. The number of hydrogen-bond acceptors (Lipinski definition) is 4. The number of aryl methyl sites for hydroxylation is 2. The number of thiophene rings is 1. The van der Waals surface area contributed by atoms with Gasteiger partial charge in [-0.2, -0.15) is 0 Å². The van der Waals surface area contributed by atoms with Gasteiger partial charge in [-0.15, -0.1) is 11.3 Å². The van der Waals surface area contributed by atoms with Gasteiger partial charge < -0.3 is 4.98 Å². The number of nitrogens with one attached hydrogen (secondary N) is 1. The van der Waals surface area contributed by atoms with Crippen LogP contribution in [0.3, 0.4) is 0 Å². The number of H-pyrrole nitrogens is 1. The fourth-order valence-electron chi connectivity index (χ4n) is 2.17. The number of carbonyl (C=O) groups is 1. The third kappa shape index (κ3) is 5.24. The Morgan fingerprint density at radius 1 is 1.24 bits per heavy atom. The van der Waals surface area contributed by atoms with Gasteiger partial charge in [0.25, 0.3) is 5.56 Å². The molecule has 0 radical (unpaired) electrons. The molecule has 0 bridgehead atoms. The fraction of sp³-hybridized carbons (Fsp3) is 0.650. The van der Waals surface area contributed by atoms with Crippen molar-refractivity contribution in [2.45, 2.75) is 74.7 Å². The summed E-state index contributed by atoms with van der Waals surface area (Å²) in [5, 5.41) is 0.697. The third-order valence-electron chi connectivity index (χ3n) is 4.64. The van der Waals surface area contributed by atoms with Gasteiger partial charge in [0.2, 0.25) is 0 Å². The molecule has 0 unspecified atom stereocenters. The Kier molecular flexibility index (Phi) is 7.54. The summed E-state index contributed by atoms with van der Waals surface area (Å²) in [6.07, 6.45) is 3.11. The van der Waals surface area contributed by atoms with E-state index in [2.05, 4.69) is 44.6 Å². The van der Waals surface area contributed by atoms with Gasteiger partial charge >= 0.3 is 0 Å². The maximum atomic E-state index is 11.9. The van der Waals surface area contributed by atoms with Crippen molar-refractivity contribution in [2.75, 3.05) is 0 Å². The van der Waals surface area contributed by atoms with Crippen LogP contribution in [0.4, 0.5) is 0 Å². The van der Waals surface area contributed by atoms with E-state index in [1.165, 1.54) is 11.8 Å². The zero-order chi connectivity index (χ0) is 19.4. The van der Waals surface area contributed by atoms with E-state index < -0.39 is 0 Å². The number of ketones is 1. The predicted octanol–water partition coefficient (Wildman–Crippen LogP) is 5.64. The summed E-state index contributed by atoms with van der Waals surface area (Å²) in [7, 11) is 0. The number of nitrogens with zero attached hydrogens (tertiary/aromatic N) is 1. The molecule has 0 atom stereocenters. The maximum absolute atomic E-state index is 11.9. The van der Waals surface area contributed by atoms with Crippen molar-refractivity contribution < 1.29 is 6.22 Å². The lowest BCUT2D eigenvalue weighted by atomic mass is 9.84. The molecule has 1 aliphatic carbocycles. The smallest absolute Gasteiger partial charge is 0.260 e. The molecule has 0 spiro atoms. The van der Waals surface area contributed by atoms with Crippen LogP contribution in [0, 0.1) is 11.3 Å². The molecule has 4 nitrogen and oxygen atoms in total. The maximum Gasteiger partial charge on any atom is 0.260 e. The number of fused-ring (bicyclic) bond motifs is 3. The van der Waals surface area contributed by atoms with Gasteiger partial charge in [-0.05, 0) is 36.2 Å². The fourth-order valence-corrected chi connectivity index (χ4v) is 3.43. The highest BCUT2D eigenvalue weighted by molar-refractivity contribution is 7.18. The third-order valence-corrected chi connectivity index (χ3v) is 5.83. The number of carbonyl (C=O) groups excluding carboxylic acids is 1. The van der Waals surface area contributed by atoms with Crippen LogP contribution in [0.2, 0.25) is 0 Å². The minimum atomic E-state index is -0.201. The average molecular weight is 367 g/mol. The number of aromatic nitrogens is 2. The minimum absolute atomic E-state index is 0. The summed E-state index contributed by atoms with van der Waals surface area (Å²) in [6, 6.07) is 0. The SMILES string of the molecule is CC.CC(=O)c1nc2sc3c(c2c(=O)[nH]1)CCC3.CC(C)C(C)(C)C.[HH]. The lowest BCUT2D eigenvalue weighted by molar-refractivity contribution is 0.100. The minimum Gasteiger partial charge on any atom is -0.303 e. The van der Waals surface area contributed by atoms with Crippen LogP contribution in [0.15, 0.2) is 4.79 Å². The van der Waals surface area contributed by atoms with E-state index in [0.717, 1.165) is 30.7 Å². The molecule has 0 fully saturated rings. The summed E-state index contributed by atoms with van der Waals surface area (Å²) in [5.41, 5.74) is 1.47. The van der Waals surface area contributed by atoms with Gasteiger partial charge in [0, 0.05) is 13.2 Å². The van der Waals surface area contributed by atoms with E-state index in [1.54, 1.807) is 11.3 Å². The van der Waals surface area contributed by atoms with E-state index in [0.29, 0.717) is 15.6 Å². The van der Waals surface area contributed by atoms with Crippen molar-refractivity contribution in [3.05, 3.63) is 26.6 Å². The van der Waals surface area contributed by atoms with Crippen molar-refractivity contribution in [2.24, 2.45) is 11.3 Å². The Bertz CT molecular complexity index is 785. The molecule has 25 heavy (non-hydrogen) atoms. The zero-order valence-electron chi connectivity index (χ0n) is 16.9. The lowest BCUT2D eigenvalue weighted by Gasteiger charge is -2.22. The topological polar surface area (TPSA) is 62.8 Å². The van der Waals surface area contributed by atoms with Crippen molar-refractivity contribution in [1.29, 1.82) is 0 Å². The highest BCUT2D eigenvalue weighted by Gasteiger charge is 2.21. The van der Waals surface area contributed by atoms with Gasteiger partial charge in [-0.25, -0.2) is 4.98 Å². The van der Waals surface area contributed by atoms with Crippen LogP contribution in [0.1, 0.15) is 84.3 Å². The highest BCUT2D eigenvalue weighted by atomic mass is 32.1. The monoisotopic (exact) mass is 366 g/mol. The molecule has 0 saturated carbocycles. The summed E-state index contributed by atoms with van der Waals surface area (Å²) in [5.74, 6) is 0.762. The average Bonchev–Trinajstić information content (AvgIpc) is 3.08. The van der Waals surface area contributed by atoms with Crippen molar-refractivity contribution >= 4 is 27.3 Å². The van der Waals surface area contributed by atoms with Crippen LogP contribution in [0.25, 0.3) is 10.2 Å². The van der Waals surface area contributed by atoms with E-state index in [9.17, 15) is 9.59 Å². The predicted molar refractivity (Wildman–Crippen MR) is 110 cm³/mol. The zero-order valence-corrected chi connectivity index (χ0v) is 17.7. The van der Waals surface area contributed by atoms with Crippen LogP contribution in [0.5, 0.6) is 0 Å². The number of rotatable bonds is 1. The van der Waals surface area contributed by atoms with Crippen LogP contribution >= 0.6 is 11.3 Å². The first-order valence-corrected chi connectivity index (χ1v) is 9.98. The van der Waals surface area contributed by atoms with Gasteiger partial charge in [-0.1, -0.05) is 48.5 Å². The number of hydrogen-bond donors (Lipinski definition) is 1. The number of Topliss-reactive ketones (excluding diaryl/α,β-unsaturated/α-hetero) is 1. The summed E-state index contributed by atoms with van der Waals surface area (Å²) in [4.78, 5) is 31.8. The second kappa shape index (κ2) is 8.75. The van der Waals surface area contributed by atoms with Crippen molar-refractivity contribution in [1.82, 2.24) is 9.97 Å². The van der Waals surface area contributed by atoms with Crippen molar-refractivity contribution in [3.8, 4) is 0 Å². The Morgan fingerprint density at radius 3 is 2.28 bits per heavy atom. The molecule has 142 valence electrons. The summed E-state index contributed by atoms with van der Waals surface area (Å²) < 4.78 is 0. The second-order valence-electron chi connectivity index (χ2n) is 7.53. The number of aromatic amines is 1. The standard InChI is InChI=1S/C11H10N2O2S.C7H16.C2H6.H2/c1-5(14)9-12-10(15)8-6-3-2-4-7(6)16-11(8)13-9;1-6(2)7(3,4)5;1-2;/h2-4H2,1H3,(H,12,13,15);6H,1-5H3;1-2H3;1H. The van der Waals surface area contributed by atoms with Gasteiger partial charge in [0.15, 0.2) is 11.6 Å². The lowest BCUT2D eigenvalue weighted by Crippen LogP contribution is -2.14. The van der Waals surface area contributed by atoms with E-state index in [4.69, 9.17) is 0 Å². The van der Waals surface area contributed by atoms with E-state index in [-0.39, 0.29) is 18.6 Å². The van der Waals surface area contributed by atoms with Crippen LogP contribution in [-0.4, -0.2) is 15.8 Å². The quantitative estimate of drug-likeness (QED) is 0.665. The molecule has 1 aliphatic rings. The highest BCUT2D eigenvalue weighted by Crippen LogP contribution is 2.34. The molecule has 0 amide bonds. The largest absolute Gasteiger partial charge is 0.303 e. The Balaban J connectivity index is 0.000000539. The molecule has 0 saturated heterocycles. The van der Waals surface area contributed by atoms with Crippen LogP contribution < -0.4 is 5.56 Å². The summed E-state index contributed by atoms with van der Waals surface area (Å²) >= 11 is 1.55. The molecule has 2 aromatic heterocycles. The Morgan fingerprint density at radius 2 is 1.80 bits per heavy atom. The first-order valence-electron chi connectivity index (χ1n) is 9.16. The van der Waals surface area contributed by atoms with Gasteiger partial charge in [0.05, 0.1) is 5.39 Å². The van der Waals surface area contributed by atoms with E-state index in [1.807, 2.05) is 13.8 Å². The first-order chi connectivity index (χ1) is 11.6. The molecule has 2 aromatic rings. The molecule has 1 N–H and O–H groups in total. The van der Waals surface area contributed by atoms with Gasteiger partial charge in [-0.3, -0.25) is 9.59 Å². The molecule has 5 heteroatoms. The van der Waals surface area contributed by atoms with Crippen molar-refractivity contribution in [3.63, 3.8) is 0 Å². The first kappa shape index (κ1) is 21.6. The molecule has 0 aliphatic heterocycles. The molecule has 2 heterocycles. The Hall–Kier alpha value is -1.49. The Labute approximate surface area is 156 Å². The van der Waals surface area contributed by atoms with Gasteiger partial charge in [0.1, 0.15) is 4.83 Å². The molecule has 0 aromatic carbocycles. The second-order valence-corrected chi connectivity index (χ2v) is 8.61. The van der Waals surface area contributed by atoms with Crippen LogP contribution in [-0.2, 0) is 12.8 Å². The van der Waals surface area contributed by atoms with E-state index >= 15 is 0 Å².